The van der Waals surface area contributed by atoms with E-state index in [0.29, 0.717) is 17.0 Å². The largest absolute Gasteiger partial charge is 0.550 e. The van der Waals surface area contributed by atoms with Gasteiger partial charge in [0.2, 0.25) is 10.0 Å². The zero-order chi connectivity index (χ0) is 19.9. The molecule has 0 amide bonds. The number of hydrazone groups is 1. The van der Waals surface area contributed by atoms with E-state index in [9.17, 15) is 22.7 Å². The minimum atomic E-state index is -3.71. The number of benzene rings is 2. The van der Waals surface area contributed by atoms with Crippen molar-refractivity contribution in [2.24, 2.45) is 5.10 Å². The highest BCUT2D eigenvalue weighted by molar-refractivity contribution is 7.89. The maximum atomic E-state index is 12.9. The van der Waals surface area contributed by atoms with Gasteiger partial charge in [0.15, 0.2) is 0 Å². The van der Waals surface area contributed by atoms with Crippen molar-refractivity contribution in [1.29, 1.82) is 0 Å². The van der Waals surface area contributed by atoms with Crippen LogP contribution < -0.4 is 15.3 Å². The molecule has 27 heavy (non-hydrogen) atoms. The molecule has 0 spiro atoms. The van der Waals surface area contributed by atoms with Gasteiger partial charge in [0.05, 0.1) is 16.3 Å². The number of hydrogen-bond acceptors (Lipinski definition) is 6. The third-order valence-electron chi connectivity index (χ3n) is 3.63. The van der Waals surface area contributed by atoms with E-state index in [4.69, 9.17) is 0 Å². The van der Waals surface area contributed by atoms with Crippen molar-refractivity contribution in [3.63, 3.8) is 0 Å². The summed E-state index contributed by atoms with van der Waals surface area (Å²) in [6.07, 6.45) is -0.0569. The molecule has 2 aromatic carbocycles. The Balaban J connectivity index is 1.99. The second kappa shape index (κ2) is 9.24. The molecular weight excluding hydrogens is 373 g/mol. The van der Waals surface area contributed by atoms with Crippen LogP contribution in [0, 0.1) is 5.82 Å². The Kier molecular flexibility index (Phi) is 7.03. The van der Waals surface area contributed by atoms with Crippen LogP contribution in [-0.4, -0.2) is 26.6 Å². The summed E-state index contributed by atoms with van der Waals surface area (Å²) in [7, 11) is -3.71. The SMILES string of the molecule is C/C(=N/Nc1ccc(F)cc1)c1ccc(S(=O)(=O)NCCCC(=O)[O-])cc1. The summed E-state index contributed by atoms with van der Waals surface area (Å²) in [5, 5.41) is 14.5. The third kappa shape index (κ3) is 6.46. The molecule has 2 aromatic rings. The molecule has 0 aromatic heterocycles. The highest BCUT2D eigenvalue weighted by Gasteiger charge is 2.13. The van der Waals surface area contributed by atoms with E-state index < -0.39 is 16.0 Å². The van der Waals surface area contributed by atoms with Gasteiger partial charge in [0.25, 0.3) is 0 Å². The summed E-state index contributed by atoms with van der Waals surface area (Å²) in [4.78, 5) is 10.4. The lowest BCUT2D eigenvalue weighted by molar-refractivity contribution is -0.305. The first kappa shape index (κ1) is 20.5. The number of anilines is 1. The summed E-state index contributed by atoms with van der Waals surface area (Å²) in [6, 6.07) is 11.8. The highest BCUT2D eigenvalue weighted by Crippen LogP contribution is 2.13. The Bertz CT molecular complexity index is 911. The van der Waals surface area contributed by atoms with Gasteiger partial charge in [-0.05, 0) is 61.7 Å². The molecule has 0 aliphatic heterocycles. The maximum absolute atomic E-state index is 12.9. The van der Waals surface area contributed by atoms with Gasteiger partial charge in [-0.2, -0.15) is 5.10 Å². The molecule has 144 valence electrons. The van der Waals surface area contributed by atoms with Crippen molar-refractivity contribution in [2.75, 3.05) is 12.0 Å². The number of nitrogens with zero attached hydrogens (tertiary/aromatic N) is 1. The van der Waals surface area contributed by atoms with Gasteiger partial charge >= 0.3 is 0 Å². The zero-order valence-electron chi connectivity index (χ0n) is 14.6. The van der Waals surface area contributed by atoms with Crippen LogP contribution >= 0.6 is 0 Å². The average molecular weight is 392 g/mol. The van der Waals surface area contributed by atoms with Crippen LogP contribution in [0.4, 0.5) is 10.1 Å². The monoisotopic (exact) mass is 392 g/mol. The second-order valence-electron chi connectivity index (χ2n) is 5.71. The molecule has 0 bridgehead atoms. The molecule has 0 radical (unpaired) electrons. The zero-order valence-corrected chi connectivity index (χ0v) is 15.4. The minimum Gasteiger partial charge on any atom is -0.550 e. The van der Waals surface area contributed by atoms with E-state index in [1.165, 1.54) is 24.3 Å². The van der Waals surface area contributed by atoms with Crippen LogP contribution in [0.25, 0.3) is 0 Å². The number of rotatable bonds is 9. The van der Waals surface area contributed by atoms with Crippen molar-refractivity contribution in [2.45, 2.75) is 24.7 Å². The fraction of sp³-hybridized carbons (Fsp3) is 0.222. The molecular formula is C18H19FN3O4S-. The number of hydrogen-bond donors (Lipinski definition) is 2. The van der Waals surface area contributed by atoms with E-state index in [-0.39, 0.29) is 30.1 Å². The van der Waals surface area contributed by atoms with Crippen LogP contribution in [0.15, 0.2) is 58.5 Å². The molecule has 0 aliphatic rings. The van der Waals surface area contributed by atoms with Crippen molar-refractivity contribution in [1.82, 2.24) is 4.72 Å². The molecule has 2 N–H and O–H groups in total. The second-order valence-corrected chi connectivity index (χ2v) is 7.48. The Morgan fingerprint density at radius 3 is 2.33 bits per heavy atom. The summed E-state index contributed by atoms with van der Waals surface area (Å²) in [5.74, 6) is -1.56. The van der Waals surface area contributed by atoms with E-state index in [0.717, 1.165) is 0 Å². The summed E-state index contributed by atoms with van der Waals surface area (Å²) in [5.41, 5.74) is 4.74. The predicted molar refractivity (Wildman–Crippen MR) is 98.1 cm³/mol. The molecule has 9 heteroatoms. The van der Waals surface area contributed by atoms with Crippen molar-refractivity contribution >= 4 is 27.4 Å². The van der Waals surface area contributed by atoms with Crippen LogP contribution in [0.5, 0.6) is 0 Å². The Morgan fingerprint density at radius 1 is 1.11 bits per heavy atom. The topological polar surface area (TPSA) is 111 Å². The lowest BCUT2D eigenvalue weighted by Gasteiger charge is -2.08. The van der Waals surface area contributed by atoms with Crippen LogP contribution in [0.3, 0.4) is 0 Å². The average Bonchev–Trinajstić information content (AvgIpc) is 2.64. The lowest BCUT2D eigenvalue weighted by atomic mass is 10.1. The van der Waals surface area contributed by atoms with E-state index in [1.807, 2.05) is 0 Å². The fourth-order valence-corrected chi connectivity index (χ4v) is 3.21. The molecule has 0 saturated heterocycles. The smallest absolute Gasteiger partial charge is 0.240 e. The van der Waals surface area contributed by atoms with Crippen molar-refractivity contribution in [3.05, 3.63) is 59.9 Å². The maximum Gasteiger partial charge on any atom is 0.240 e. The highest BCUT2D eigenvalue weighted by atomic mass is 32.2. The normalized spacial score (nSPS) is 12.0. The number of nitrogens with one attached hydrogen (secondary N) is 2. The van der Waals surface area contributed by atoms with Gasteiger partial charge < -0.3 is 9.90 Å². The first-order valence-corrected chi connectivity index (χ1v) is 9.62. The minimum absolute atomic E-state index is 0.0140. The van der Waals surface area contributed by atoms with Gasteiger partial charge in [0.1, 0.15) is 5.82 Å². The number of carbonyl (C=O) groups excluding carboxylic acids is 1. The lowest BCUT2D eigenvalue weighted by Crippen LogP contribution is -2.27. The van der Waals surface area contributed by atoms with Crippen molar-refractivity contribution in [3.8, 4) is 0 Å². The van der Waals surface area contributed by atoms with Crippen molar-refractivity contribution < 1.29 is 22.7 Å². The van der Waals surface area contributed by atoms with Gasteiger partial charge in [-0.15, -0.1) is 0 Å². The molecule has 0 saturated carbocycles. The van der Waals surface area contributed by atoms with Gasteiger partial charge in [-0.25, -0.2) is 17.5 Å². The van der Waals surface area contributed by atoms with E-state index in [2.05, 4.69) is 15.2 Å². The molecule has 2 rings (SSSR count). The predicted octanol–water partition coefficient (Wildman–Crippen LogP) is 1.47. The molecule has 0 fully saturated rings. The van der Waals surface area contributed by atoms with E-state index >= 15 is 0 Å². The number of carboxylic acid groups (broad SMARTS) is 1. The number of halogens is 1. The number of carbonyl (C=O) groups is 1. The molecule has 0 aliphatic carbocycles. The third-order valence-corrected chi connectivity index (χ3v) is 5.11. The van der Waals surface area contributed by atoms with Gasteiger partial charge in [-0.1, -0.05) is 12.1 Å². The summed E-state index contributed by atoms with van der Waals surface area (Å²) in [6.45, 7) is 1.76. The summed E-state index contributed by atoms with van der Waals surface area (Å²) >= 11 is 0. The Morgan fingerprint density at radius 2 is 1.74 bits per heavy atom. The number of sulfonamides is 1. The van der Waals surface area contributed by atoms with Crippen LogP contribution in [0.2, 0.25) is 0 Å². The molecule has 0 heterocycles. The van der Waals surface area contributed by atoms with Gasteiger partial charge in [-0.3, -0.25) is 5.43 Å². The summed E-state index contributed by atoms with van der Waals surface area (Å²) < 4.78 is 39.5. The molecule has 7 nitrogen and oxygen atoms in total. The molecule has 0 atom stereocenters. The number of aliphatic carboxylic acids is 1. The molecule has 0 unspecified atom stereocenters. The van der Waals surface area contributed by atoms with Crippen LogP contribution in [0.1, 0.15) is 25.3 Å². The van der Waals surface area contributed by atoms with Gasteiger partial charge in [0, 0.05) is 12.5 Å². The fourth-order valence-electron chi connectivity index (χ4n) is 2.14. The quantitative estimate of drug-likeness (QED) is 0.381. The first-order chi connectivity index (χ1) is 12.8. The first-order valence-electron chi connectivity index (χ1n) is 8.14. The Labute approximate surface area is 157 Å². The standard InChI is InChI=1S/C18H20FN3O4S/c1-13(21-22-16-8-6-15(19)7-9-16)14-4-10-17(11-5-14)27(25,26)20-12-2-3-18(23)24/h4-11,20,22H,2-3,12H2,1H3,(H,23,24)/p-1/b21-13-. The van der Waals surface area contributed by atoms with Crippen LogP contribution in [-0.2, 0) is 14.8 Å². The number of carboxylic acids is 1. The van der Waals surface area contributed by atoms with E-state index in [1.54, 1.807) is 31.2 Å². The Hall–Kier alpha value is -2.78.